The van der Waals surface area contributed by atoms with Crippen molar-refractivity contribution >= 4 is 39.1 Å². The minimum Gasteiger partial charge on any atom is -0.494 e. The first-order valence-electron chi connectivity index (χ1n) is 9.06. The number of thiophene rings is 1. The number of aromatic nitrogens is 1. The first-order chi connectivity index (χ1) is 14.5. The number of ether oxygens (including phenoxy) is 2. The van der Waals surface area contributed by atoms with Gasteiger partial charge >= 0.3 is 0 Å². The molecule has 1 aromatic carbocycles. The van der Waals surface area contributed by atoms with Crippen LogP contribution >= 0.6 is 27.3 Å². The normalized spacial score (nSPS) is 10.4. The van der Waals surface area contributed by atoms with E-state index in [1.807, 2.05) is 24.3 Å². The molecule has 0 bridgehead atoms. The number of rotatable bonds is 8. The van der Waals surface area contributed by atoms with E-state index in [-0.39, 0.29) is 17.5 Å². The average molecular weight is 490 g/mol. The van der Waals surface area contributed by atoms with Crippen molar-refractivity contribution in [2.75, 3.05) is 20.7 Å². The molecule has 3 aromatic rings. The highest BCUT2D eigenvalue weighted by Crippen LogP contribution is 2.35. The summed E-state index contributed by atoms with van der Waals surface area (Å²) in [5.74, 6) is 1.24. The summed E-state index contributed by atoms with van der Waals surface area (Å²) in [6.45, 7) is 0.467. The molecule has 2 aromatic heterocycles. The summed E-state index contributed by atoms with van der Waals surface area (Å²) in [7, 11) is 3.09. The van der Waals surface area contributed by atoms with Gasteiger partial charge in [0, 0.05) is 31.2 Å². The molecule has 0 saturated carbocycles. The van der Waals surface area contributed by atoms with Gasteiger partial charge in [0.1, 0.15) is 21.0 Å². The number of nitrogens with one attached hydrogen (secondary N) is 2. The zero-order chi connectivity index (χ0) is 21.5. The third kappa shape index (κ3) is 5.37. The lowest BCUT2D eigenvalue weighted by atomic mass is 10.1. The van der Waals surface area contributed by atoms with Gasteiger partial charge in [-0.1, -0.05) is 12.1 Å². The van der Waals surface area contributed by atoms with Crippen LogP contribution in [0.3, 0.4) is 0 Å². The molecule has 9 heteroatoms. The summed E-state index contributed by atoms with van der Waals surface area (Å²) in [5, 5.41) is 7.20. The third-order valence-corrected chi connectivity index (χ3v) is 5.84. The van der Waals surface area contributed by atoms with Crippen molar-refractivity contribution in [1.29, 1.82) is 0 Å². The molecular formula is C21H20BrN3O4S. The number of carbonyl (C=O) groups is 2. The van der Waals surface area contributed by atoms with Crippen LogP contribution in [-0.4, -0.2) is 37.5 Å². The van der Waals surface area contributed by atoms with Gasteiger partial charge in [0.05, 0.1) is 12.7 Å². The van der Waals surface area contributed by atoms with Gasteiger partial charge in [-0.3, -0.25) is 14.6 Å². The molecule has 0 unspecified atom stereocenters. The second kappa shape index (κ2) is 10.2. The Morgan fingerprint density at radius 1 is 1.17 bits per heavy atom. The number of amides is 2. The molecule has 0 aliphatic heterocycles. The van der Waals surface area contributed by atoms with E-state index in [0.717, 1.165) is 9.35 Å². The van der Waals surface area contributed by atoms with Crippen LogP contribution in [0.15, 0.2) is 51.8 Å². The van der Waals surface area contributed by atoms with Crippen LogP contribution in [0, 0.1) is 0 Å². The monoisotopic (exact) mass is 489 g/mol. The average Bonchev–Trinajstić information content (AvgIpc) is 3.14. The van der Waals surface area contributed by atoms with E-state index in [4.69, 9.17) is 9.47 Å². The first kappa shape index (κ1) is 21.8. The maximum Gasteiger partial charge on any atom is 0.269 e. The molecule has 0 aliphatic rings. The Bertz CT molecular complexity index is 1050. The molecule has 2 amide bonds. The molecule has 2 heterocycles. The maximum absolute atomic E-state index is 12.4. The van der Waals surface area contributed by atoms with E-state index in [1.165, 1.54) is 24.6 Å². The number of halogens is 1. The molecule has 0 aliphatic carbocycles. The molecule has 0 atom stereocenters. The van der Waals surface area contributed by atoms with Crippen molar-refractivity contribution < 1.29 is 19.1 Å². The predicted octanol–water partition coefficient (Wildman–Crippen LogP) is 4.04. The lowest BCUT2D eigenvalue weighted by Crippen LogP contribution is -2.25. The summed E-state index contributed by atoms with van der Waals surface area (Å²) < 4.78 is 11.9. The zero-order valence-corrected chi connectivity index (χ0v) is 18.8. The second-order valence-corrected chi connectivity index (χ2v) is 8.37. The second-order valence-electron chi connectivity index (χ2n) is 6.17. The van der Waals surface area contributed by atoms with Gasteiger partial charge in [-0.25, -0.2) is 0 Å². The van der Waals surface area contributed by atoms with Crippen molar-refractivity contribution in [3.05, 3.63) is 68.6 Å². The van der Waals surface area contributed by atoms with Crippen LogP contribution in [-0.2, 0) is 6.42 Å². The van der Waals surface area contributed by atoms with Crippen LogP contribution in [0.1, 0.15) is 26.4 Å². The van der Waals surface area contributed by atoms with Crippen LogP contribution < -0.4 is 20.1 Å². The van der Waals surface area contributed by atoms with Crippen LogP contribution in [0.2, 0.25) is 0 Å². The number of hydrogen-bond acceptors (Lipinski definition) is 6. The number of methoxy groups -OCH3 is 1. The molecule has 2 N–H and O–H groups in total. The summed E-state index contributed by atoms with van der Waals surface area (Å²) in [6, 6.07) is 10.8. The van der Waals surface area contributed by atoms with Crippen molar-refractivity contribution in [2.45, 2.75) is 6.42 Å². The molecule has 30 heavy (non-hydrogen) atoms. The highest BCUT2D eigenvalue weighted by molar-refractivity contribution is 9.11. The minimum absolute atomic E-state index is 0.181. The molecule has 7 nitrogen and oxygen atoms in total. The lowest BCUT2D eigenvalue weighted by Gasteiger charge is -2.09. The smallest absolute Gasteiger partial charge is 0.269 e. The molecule has 0 spiro atoms. The van der Waals surface area contributed by atoms with E-state index in [9.17, 15) is 9.59 Å². The van der Waals surface area contributed by atoms with E-state index < -0.39 is 0 Å². The SMILES string of the molecule is CNC(=O)c1cc(Oc2cccc(CCNC(=O)c3csc(Br)c3OC)c2)ccn1. The highest BCUT2D eigenvalue weighted by atomic mass is 79.9. The summed E-state index contributed by atoms with van der Waals surface area (Å²) in [5.41, 5.74) is 1.80. The minimum atomic E-state index is -0.278. The first-order valence-corrected chi connectivity index (χ1v) is 10.7. The van der Waals surface area contributed by atoms with Gasteiger partial charge in [-0.05, 0) is 46.1 Å². The topological polar surface area (TPSA) is 89.6 Å². The molecule has 156 valence electrons. The number of benzene rings is 1. The summed E-state index contributed by atoms with van der Waals surface area (Å²) in [6.07, 6.45) is 2.16. The van der Waals surface area contributed by atoms with Gasteiger partial charge in [0.15, 0.2) is 5.75 Å². The molecule has 0 fully saturated rings. The molecule has 0 radical (unpaired) electrons. The standard InChI is InChI=1S/C21H20BrN3O4S/c1-23-21(27)17-11-15(7-9-24-17)29-14-5-3-4-13(10-14)6-8-25-20(26)16-12-30-19(22)18(16)28-2/h3-5,7,9-12H,6,8H2,1-2H3,(H,23,27)(H,25,26). The largest absolute Gasteiger partial charge is 0.494 e. The van der Waals surface area contributed by atoms with Crippen LogP contribution in [0.4, 0.5) is 0 Å². The van der Waals surface area contributed by atoms with Crippen LogP contribution in [0.25, 0.3) is 0 Å². The Kier molecular flexibility index (Phi) is 7.42. The van der Waals surface area contributed by atoms with Gasteiger partial charge in [-0.15, -0.1) is 11.3 Å². The fraction of sp³-hybridized carbons (Fsp3) is 0.190. The van der Waals surface area contributed by atoms with Crippen molar-refractivity contribution in [1.82, 2.24) is 15.6 Å². The number of nitrogens with zero attached hydrogens (tertiary/aromatic N) is 1. The molecule has 3 rings (SSSR count). The van der Waals surface area contributed by atoms with E-state index >= 15 is 0 Å². The fourth-order valence-electron chi connectivity index (χ4n) is 2.71. The van der Waals surface area contributed by atoms with Gasteiger partial charge < -0.3 is 20.1 Å². The Hall–Kier alpha value is -2.91. The van der Waals surface area contributed by atoms with Gasteiger partial charge in [-0.2, -0.15) is 0 Å². The molecule has 0 saturated heterocycles. The molecular weight excluding hydrogens is 470 g/mol. The Balaban J connectivity index is 1.59. The van der Waals surface area contributed by atoms with Crippen molar-refractivity contribution in [2.24, 2.45) is 0 Å². The van der Waals surface area contributed by atoms with Gasteiger partial charge in [0.25, 0.3) is 11.8 Å². The Labute approximate surface area is 186 Å². The number of pyridine rings is 1. The maximum atomic E-state index is 12.4. The van der Waals surface area contributed by atoms with Crippen LogP contribution in [0.5, 0.6) is 17.2 Å². The number of carbonyl (C=O) groups excluding carboxylic acids is 2. The summed E-state index contributed by atoms with van der Waals surface area (Å²) >= 11 is 4.78. The predicted molar refractivity (Wildman–Crippen MR) is 119 cm³/mol. The van der Waals surface area contributed by atoms with E-state index in [1.54, 1.807) is 24.6 Å². The van der Waals surface area contributed by atoms with E-state index in [0.29, 0.717) is 35.8 Å². The lowest BCUT2D eigenvalue weighted by molar-refractivity contribution is 0.0946. The van der Waals surface area contributed by atoms with Gasteiger partial charge in [0.2, 0.25) is 0 Å². The quantitative estimate of drug-likeness (QED) is 0.498. The van der Waals surface area contributed by atoms with Crippen molar-refractivity contribution in [3.63, 3.8) is 0 Å². The van der Waals surface area contributed by atoms with Crippen molar-refractivity contribution in [3.8, 4) is 17.2 Å². The summed E-state index contributed by atoms with van der Waals surface area (Å²) in [4.78, 5) is 28.1. The third-order valence-electron chi connectivity index (χ3n) is 4.18. The zero-order valence-electron chi connectivity index (χ0n) is 16.4. The van der Waals surface area contributed by atoms with E-state index in [2.05, 4.69) is 31.5 Å². The number of hydrogen-bond donors (Lipinski definition) is 2. The fourth-order valence-corrected chi connectivity index (χ4v) is 4.11. The Morgan fingerprint density at radius 2 is 1.97 bits per heavy atom. The highest BCUT2D eigenvalue weighted by Gasteiger charge is 2.17. The Morgan fingerprint density at radius 3 is 2.73 bits per heavy atom.